The number of pyridine rings is 1. The molecule has 0 saturated carbocycles. The third kappa shape index (κ3) is 3.37. The summed E-state index contributed by atoms with van der Waals surface area (Å²) >= 11 is 3.41. The molecule has 110 valence electrons. The number of hydrogen-bond donors (Lipinski definition) is 2. The maximum atomic E-state index is 12.5. The number of nitrogens with zero attached hydrogens (tertiary/aromatic N) is 2. The maximum absolute atomic E-state index is 12.5. The lowest BCUT2D eigenvalue weighted by atomic mass is 10.0. The van der Waals surface area contributed by atoms with Crippen LogP contribution in [0.1, 0.15) is 19.5 Å². The molecule has 1 aromatic rings. The maximum Gasteiger partial charge on any atom is 0.245 e. The number of nitrogens with one attached hydrogen (secondary N) is 2. The van der Waals surface area contributed by atoms with Gasteiger partial charge in [0, 0.05) is 30.7 Å². The fourth-order valence-corrected chi connectivity index (χ4v) is 2.47. The van der Waals surface area contributed by atoms with Gasteiger partial charge < -0.3 is 10.6 Å². The van der Waals surface area contributed by atoms with Gasteiger partial charge >= 0.3 is 0 Å². The van der Waals surface area contributed by atoms with Gasteiger partial charge in [-0.15, -0.1) is 0 Å². The number of aryl methyl sites for hydroxylation is 1. The van der Waals surface area contributed by atoms with Crippen LogP contribution in [0.15, 0.2) is 16.6 Å². The number of rotatable bonds is 3. The highest BCUT2D eigenvalue weighted by atomic mass is 79.9. The Morgan fingerprint density at radius 2 is 2.05 bits per heavy atom. The first-order valence-electron chi connectivity index (χ1n) is 6.81. The molecule has 0 unspecified atom stereocenters. The van der Waals surface area contributed by atoms with Crippen molar-refractivity contribution in [3.63, 3.8) is 0 Å². The summed E-state index contributed by atoms with van der Waals surface area (Å²) in [5.74, 6) is 0.576. The van der Waals surface area contributed by atoms with E-state index in [2.05, 4.69) is 36.4 Å². The number of carbonyl (C=O) groups is 1. The molecule has 0 radical (unpaired) electrons. The van der Waals surface area contributed by atoms with E-state index < -0.39 is 5.54 Å². The quantitative estimate of drug-likeness (QED) is 0.880. The monoisotopic (exact) mass is 340 g/mol. The van der Waals surface area contributed by atoms with E-state index in [4.69, 9.17) is 0 Å². The largest absolute Gasteiger partial charge is 0.314 e. The van der Waals surface area contributed by atoms with Crippen LogP contribution in [0.3, 0.4) is 0 Å². The van der Waals surface area contributed by atoms with E-state index in [1.165, 1.54) is 0 Å². The van der Waals surface area contributed by atoms with Crippen LogP contribution in [-0.2, 0) is 4.79 Å². The van der Waals surface area contributed by atoms with Gasteiger partial charge in [-0.05, 0) is 48.8 Å². The molecule has 0 aromatic carbocycles. The molecular formula is C14H21BrN4O. The Morgan fingerprint density at radius 1 is 1.40 bits per heavy atom. The lowest BCUT2D eigenvalue weighted by Crippen LogP contribution is -2.58. The molecule has 6 heteroatoms. The molecule has 1 aliphatic heterocycles. The van der Waals surface area contributed by atoms with Crippen molar-refractivity contribution < 1.29 is 4.79 Å². The Bertz CT molecular complexity index is 498. The lowest BCUT2D eigenvalue weighted by molar-refractivity contribution is -0.126. The molecule has 1 fully saturated rings. The Kier molecular flexibility index (Phi) is 4.78. The molecule has 5 nitrogen and oxygen atoms in total. The molecule has 0 aliphatic carbocycles. The van der Waals surface area contributed by atoms with Crippen LogP contribution < -0.4 is 10.6 Å². The van der Waals surface area contributed by atoms with E-state index in [0.717, 1.165) is 36.3 Å². The first-order chi connectivity index (χ1) is 9.41. The molecule has 1 aromatic heterocycles. The number of carbonyl (C=O) groups excluding carboxylic acids is 1. The van der Waals surface area contributed by atoms with Crippen molar-refractivity contribution in [2.75, 3.05) is 31.5 Å². The van der Waals surface area contributed by atoms with Crippen molar-refractivity contribution >= 4 is 27.7 Å². The molecule has 0 spiro atoms. The molecule has 0 atom stereocenters. The highest BCUT2D eigenvalue weighted by Gasteiger charge is 2.35. The average Bonchev–Trinajstić information content (AvgIpc) is 2.44. The predicted molar refractivity (Wildman–Crippen MR) is 83.8 cm³/mol. The second kappa shape index (κ2) is 6.20. The summed E-state index contributed by atoms with van der Waals surface area (Å²) in [4.78, 5) is 19.1. The second-order valence-corrected chi connectivity index (χ2v) is 6.37. The number of piperazine rings is 1. The molecule has 2 N–H and O–H groups in total. The van der Waals surface area contributed by atoms with E-state index in [-0.39, 0.29) is 5.91 Å². The third-order valence-corrected chi connectivity index (χ3v) is 4.56. The summed E-state index contributed by atoms with van der Waals surface area (Å²) in [7, 11) is 0. The predicted octanol–water partition coefficient (Wildman–Crippen LogP) is 1.77. The van der Waals surface area contributed by atoms with Crippen molar-refractivity contribution in [3.05, 3.63) is 22.3 Å². The molecule has 1 aliphatic rings. The molecule has 1 amide bonds. The Balaban J connectivity index is 2.07. The average molecular weight is 341 g/mol. The molecular weight excluding hydrogens is 320 g/mol. The molecule has 1 saturated heterocycles. The van der Waals surface area contributed by atoms with Crippen LogP contribution in [0.25, 0.3) is 0 Å². The Hall–Kier alpha value is -0.980. The number of hydrogen-bond acceptors (Lipinski definition) is 4. The van der Waals surface area contributed by atoms with Gasteiger partial charge in [0.25, 0.3) is 0 Å². The van der Waals surface area contributed by atoms with Gasteiger partial charge in [-0.25, -0.2) is 4.98 Å². The van der Waals surface area contributed by atoms with Gasteiger partial charge in [0.15, 0.2) is 0 Å². The minimum Gasteiger partial charge on any atom is -0.314 e. The standard InChI is InChI=1S/C14H21BrN4O/c1-10-11(15)4-5-12(17-10)18-13(20)14(2,3)19-8-6-16-7-9-19/h4-5,16H,6-9H2,1-3H3,(H,17,18,20). The highest BCUT2D eigenvalue weighted by Crippen LogP contribution is 2.20. The molecule has 2 rings (SSSR count). The van der Waals surface area contributed by atoms with Crippen molar-refractivity contribution in [1.29, 1.82) is 0 Å². The fraction of sp³-hybridized carbons (Fsp3) is 0.571. The fourth-order valence-electron chi connectivity index (χ4n) is 2.25. The van der Waals surface area contributed by atoms with Gasteiger partial charge in [0.05, 0.1) is 11.2 Å². The summed E-state index contributed by atoms with van der Waals surface area (Å²) in [5, 5.41) is 6.21. The van der Waals surface area contributed by atoms with Crippen molar-refractivity contribution in [2.45, 2.75) is 26.3 Å². The van der Waals surface area contributed by atoms with Crippen LogP contribution in [0.2, 0.25) is 0 Å². The van der Waals surface area contributed by atoms with Gasteiger partial charge in [0.2, 0.25) is 5.91 Å². The van der Waals surface area contributed by atoms with E-state index >= 15 is 0 Å². The number of anilines is 1. The summed E-state index contributed by atoms with van der Waals surface area (Å²) < 4.78 is 0.942. The molecule has 2 heterocycles. The minimum absolute atomic E-state index is 0.0198. The SMILES string of the molecule is Cc1nc(NC(=O)C(C)(C)N2CCNCC2)ccc1Br. The summed E-state index contributed by atoms with van der Waals surface area (Å²) in [6.45, 7) is 9.43. The van der Waals surface area contributed by atoms with E-state index in [1.54, 1.807) is 0 Å². The summed E-state index contributed by atoms with van der Waals surface area (Å²) in [6.07, 6.45) is 0. The number of aromatic nitrogens is 1. The summed E-state index contributed by atoms with van der Waals surface area (Å²) in [6, 6.07) is 3.71. The van der Waals surface area contributed by atoms with Crippen LogP contribution in [0.4, 0.5) is 5.82 Å². The van der Waals surface area contributed by atoms with E-state index in [9.17, 15) is 4.79 Å². The van der Waals surface area contributed by atoms with Gasteiger partial charge in [-0.2, -0.15) is 0 Å². The first kappa shape index (κ1) is 15.4. The van der Waals surface area contributed by atoms with Gasteiger partial charge in [-0.1, -0.05) is 0 Å². The van der Waals surface area contributed by atoms with E-state index in [1.807, 2.05) is 32.9 Å². The van der Waals surface area contributed by atoms with Crippen LogP contribution >= 0.6 is 15.9 Å². The van der Waals surface area contributed by atoms with Crippen LogP contribution in [0.5, 0.6) is 0 Å². The Morgan fingerprint density at radius 3 is 2.65 bits per heavy atom. The topological polar surface area (TPSA) is 57.3 Å². The molecule has 0 bridgehead atoms. The Labute approximate surface area is 128 Å². The first-order valence-corrected chi connectivity index (χ1v) is 7.61. The van der Waals surface area contributed by atoms with Gasteiger partial charge in [0.1, 0.15) is 5.82 Å². The van der Waals surface area contributed by atoms with Crippen LogP contribution in [-0.4, -0.2) is 47.5 Å². The smallest absolute Gasteiger partial charge is 0.245 e. The van der Waals surface area contributed by atoms with Crippen molar-refractivity contribution in [2.24, 2.45) is 0 Å². The zero-order chi connectivity index (χ0) is 14.8. The summed E-state index contributed by atoms with van der Waals surface area (Å²) in [5.41, 5.74) is 0.327. The van der Waals surface area contributed by atoms with Gasteiger partial charge in [-0.3, -0.25) is 9.69 Å². The lowest BCUT2D eigenvalue weighted by Gasteiger charge is -2.39. The minimum atomic E-state index is -0.537. The third-order valence-electron chi connectivity index (χ3n) is 3.73. The number of halogens is 1. The molecule has 20 heavy (non-hydrogen) atoms. The van der Waals surface area contributed by atoms with E-state index in [0.29, 0.717) is 5.82 Å². The van der Waals surface area contributed by atoms with Crippen LogP contribution in [0, 0.1) is 6.92 Å². The second-order valence-electron chi connectivity index (χ2n) is 5.51. The zero-order valence-electron chi connectivity index (χ0n) is 12.2. The van der Waals surface area contributed by atoms with Crippen molar-refractivity contribution in [1.82, 2.24) is 15.2 Å². The number of amides is 1. The normalized spacial score (nSPS) is 17.0. The highest BCUT2D eigenvalue weighted by molar-refractivity contribution is 9.10. The zero-order valence-corrected chi connectivity index (χ0v) is 13.7. The van der Waals surface area contributed by atoms with Crippen molar-refractivity contribution in [3.8, 4) is 0 Å².